The lowest BCUT2D eigenvalue weighted by atomic mass is 10.1. The predicted octanol–water partition coefficient (Wildman–Crippen LogP) is 6.58. The fourth-order valence-corrected chi connectivity index (χ4v) is 4.21. The SMILES string of the molecule is Cc1ccc(SCCCCSc2ccc(C)c(C)c2)cc1C. The molecule has 0 amide bonds. The number of thioether (sulfide) groups is 2. The topological polar surface area (TPSA) is 0 Å². The summed E-state index contributed by atoms with van der Waals surface area (Å²) in [5.74, 6) is 2.44. The fourth-order valence-electron chi connectivity index (χ4n) is 2.19. The van der Waals surface area contributed by atoms with Gasteiger partial charge in [0, 0.05) is 9.79 Å². The summed E-state index contributed by atoms with van der Waals surface area (Å²) in [4.78, 5) is 2.81. The molecule has 0 unspecified atom stereocenters. The first-order valence-electron chi connectivity index (χ1n) is 7.96. The third-order valence-electron chi connectivity index (χ3n) is 4.03. The smallest absolute Gasteiger partial charge is 0.00747 e. The molecule has 0 atom stereocenters. The molecule has 0 bridgehead atoms. The van der Waals surface area contributed by atoms with Crippen LogP contribution in [0.5, 0.6) is 0 Å². The summed E-state index contributed by atoms with van der Waals surface area (Å²) < 4.78 is 0. The Morgan fingerprint density at radius 2 is 1.00 bits per heavy atom. The van der Waals surface area contributed by atoms with Gasteiger partial charge in [0.25, 0.3) is 0 Å². The van der Waals surface area contributed by atoms with Crippen molar-refractivity contribution in [3.05, 3.63) is 58.7 Å². The van der Waals surface area contributed by atoms with Crippen molar-refractivity contribution >= 4 is 23.5 Å². The summed E-state index contributed by atoms with van der Waals surface area (Å²) in [7, 11) is 0. The number of unbranched alkanes of at least 4 members (excludes halogenated alkanes) is 1. The van der Waals surface area contributed by atoms with Crippen molar-refractivity contribution in [2.45, 2.75) is 50.3 Å². The van der Waals surface area contributed by atoms with Gasteiger partial charge in [0.15, 0.2) is 0 Å². The van der Waals surface area contributed by atoms with Crippen molar-refractivity contribution in [3.63, 3.8) is 0 Å². The minimum absolute atomic E-state index is 1.22. The van der Waals surface area contributed by atoms with Crippen LogP contribution < -0.4 is 0 Å². The van der Waals surface area contributed by atoms with E-state index in [0.29, 0.717) is 0 Å². The van der Waals surface area contributed by atoms with Gasteiger partial charge in [-0.1, -0.05) is 12.1 Å². The van der Waals surface area contributed by atoms with E-state index in [9.17, 15) is 0 Å². The van der Waals surface area contributed by atoms with Crippen LogP contribution in [-0.4, -0.2) is 11.5 Å². The van der Waals surface area contributed by atoms with Crippen molar-refractivity contribution in [2.75, 3.05) is 11.5 Å². The van der Waals surface area contributed by atoms with Gasteiger partial charge in [-0.2, -0.15) is 0 Å². The highest BCUT2D eigenvalue weighted by atomic mass is 32.2. The lowest BCUT2D eigenvalue weighted by Crippen LogP contribution is -1.87. The summed E-state index contributed by atoms with van der Waals surface area (Å²) in [5.41, 5.74) is 5.56. The molecule has 2 rings (SSSR count). The number of hydrogen-bond acceptors (Lipinski definition) is 2. The van der Waals surface area contributed by atoms with E-state index in [1.165, 1.54) is 56.4 Å². The molecule has 0 spiro atoms. The Hall–Kier alpha value is -0.860. The van der Waals surface area contributed by atoms with Crippen LogP contribution in [0.1, 0.15) is 35.1 Å². The van der Waals surface area contributed by atoms with Gasteiger partial charge >= 0.3 is 0 Å². The van der Waals surface area contributed by atoms with Crippen LogP contribution >= 0.6 is 23.5 Å². The molecule has 0 saturated heterocycles. The second kappa shape index (κ2) is 8.69. The Morgan fingerprint density at radius 1 is 0.591 bits per heavy atom. The zero-order valence-electron chi connectivity index (χ0n) is 14.1. The van der Waals surface area contributed by atoms with Gasteiger partial charge in [-0.3, -0.25) is 0 Å². The van der Waals surface area contributed by atoms with E-state index in [1.54, 1.807) is 0 Å². The number of benzene rings is 2. The van der Waals surface area contributed by atoms with Gasteiger partial charge in [0.05, 0.1) is 0 Å². The molecule has 2 heteroatoms. The largest absolute Gasteiger partial charge is 0.126 e. The first-order valence-corrected chi connectivity index (χ1v) is 9.93. The Labute approximate surface area is 144 Å². The minimum Gasteiger partial charge on any atom is -0.126 e. The summed E-state index contributed by atoms with van der Waals surface area (Å²) in [5, 5.41) is 0. The first-order chi connectivity index (χ1) is 10.6. The van der Waals surface area contributed by atoms with E-state index >= 15 is 0 Å². The Kier molecular flexibility index (Phi) is 6.91. The van der Waals surface area contributed by atoms with Crippen molar-refractivity contribution in [3.8, 4) is 0 Å². The van der Waals surface area contributed by atoms with Crippen LogP contribution in [0.3, 0.4) is 0 Å². The molecule has 0 aromatic heterocycles. The quantitative estimate of drug-likeness (QED) is 0.415. The van der Waals surface area contributed by atoms with E-state index in [1.807, 2.05) is 23.5 Å². The van der Waals surface area contributed by atoms with Crippen LogP contribution in [-0.2, 0) is 0 Å². The monoisotopic (exact) mass is 330 g/mol. The van der Waals surface area contributed by atoms with E-state index in [4.69, 9.17) is 0 Å². The number of aryl methyl sites for hydroxylation is 4. The lowest BCUT2D eigenvalue weighted by molar-refractivity contribution is 0.906. The van der Waals surface area contributed by atoms with Crippen LogP contribution in [0, 0.1) is 27.7 Å². The molecular weight excluding hydrogens is 304 g/mol. The van der Waals surface area contributed by atoms with Crippen LogP contribution in [0.25, 0.3) is 0 Å². The molecule has 0 N–H and O–H groups in total. The zero-order valence-corrected chi connectivity index (χ0v) is 15.7. The van der Waals surface area contributed by atoms with Gasteiger partial charge in [0.2, 0.25) is 0 Å². The van der Waals surface area contributed by atoms with Gasteiger partial charge in [-0.05, 0) is 98.6 Å². The van der Waals surface area contributed by atoms with E-state index in [2.05, 4.69) is 64.1 Å². The van der Waals surface area contributed by atoms with Gasteiger partial charge in [-0.15, -0.1) is 23.5 Å². The molecule has 0 aliphatic rings. The standard InChI is InChI=1S/C20H26S2/c1-15-7-9-19(13-17(15)3)21-11-5-6-12-22-20-10-8-16(2)18(4)14-20/h7-10,13-14H,5-6,11-12H2,1-4H3. The Morgan fingerprint density at radius 3 is 1.36 bits per heavy atom. The molecule has 2 aromatic carbocycles. The van der Waals surface area contributed by atoms with E-state index in [-0.39, 0.29) is 0 Å². The third-order valence-corrected chi connectivity index (χ3v) is 6.19. The summed E-state index contributed by atoms with van der Waals surface area (Å²) in [6, 6.07) is 13.6. The maximum atomic E-state index is 2.31. The molecule has 0 radical (unpaired) electrons. The maximum absolute atomic E-state index is 2.31. The lowest BCUT2D eigenvalue weighted by Gasteiger charge is -2.06. The van der Waals surface area contributed by atoms with Crippen LogP contribution in [0.15, 0.2) is 46.2 Å². The highest BCUT2D eigenvalue weighted by molar-refractivity contribution is 7.99. The first kappa shape index (κ1) is 17.5. The molecule has 118 valence electrons. The van der Waals surface area contributed by atoms with E-state index < -0.39 is 0 Å². The highest BCUT2D eigenvalue weighted by Crippen LogP contribution is 2.24. The molecule has 0 fully saturated rings. The average molecular weight is 331 g/mol. The van der Waals surface area contributed by atoms with Crippen molar-refractivity contribution in [2.24, 2.45) is 0 Å². The molecule has 0 saturated carbocycles. The Bertz CT molecular complexity index is 562. The van der Waals surface area contributed by atoms with E-state index in [0.717, 1.165) is 0 Å². The highest BCUT2D eigenvalue weighted by Gasteiger charge is 1.99. The molecule has 0 nitrogen and oxygen atoms in total. The maximum Gasteiger partial charge on any atom is 0.00747 e. The van der Waals surface area contributed by atoms with Crippen LogP contribution in [0.2, 0.25) is 0 Å². The summed E-state index contributed by atoms with van der Waals surface area (Å²) in [6.07, 6.45) is 2.57. The molecule has 0 aliphatic heterocycles. The summed E-state index contributed by atoms with van der Waals surface area (Å²) in [6.45, 7) is 8.74. The molecule has 0 heterocycles. The molecule has 22 heavy (non-hydrogen) atoms. The zero-order chi connectivity index (χ0) is 15.9. The van der Waals surface area contributed by atoms with Crippen molar-refractivity contribution < 1.29 is 0 Å². The van der Waals surface area contributed by atoms with Crippen molar-refractivity contribution in [1.82, 2.24) is 0 Å². The Balaban J connectivity index is 1.65. The second-order valence-corrected chi connectivity index (χ2v) is 8.23. The van der Waals surface area contributed by atoms with Crippen LogP contribution in [0.4, 0.5) is 0 Å². The molecular formula is C20H26S2. The number of hydrogen-bond donors (Lipinski definition) is 0. The van der Waals surface area contributed by atoms with Crippen molar-refractivity contribution in [1.29, 1.82) is 0 Å². The summed E-state index contributed by atoms with van der Waals surface area (Å²) >= 11 is 3.97. The molecule has 0 aliphatic carbocycles. The fraction of sp³-hybridized carbons (Fsp3) is 0.400. The van der Waals surface area contributed by atoms with Gasteiger partial charge in [-0.25, -0.2) is 0 Å². The van der Waals surface area contributed by atoms with Gasteiger partial charge < -0.3 is 0 Å². The predicted molar refractivity (Wildman–Crippen MR) is 103 cm³/mol. The normalized spacial score (nSPS) is 10.9. The average Bonchev–Trinajstić information content (AvgIpc) is 2.50. The minimum atomic E-state index is 1.22. The molecule has 2 aromatic rings. The number of rotatable bonds is 7. The van der Waals surface area contributed by atoms with Gasteiger partial charge in [0.1, 0.15) is 0 Å². The third kappa shape index (κ3) is 5.40. The second-order valence-electron chi connectivity index (χ2n) is 5.90.